The maximum atomic E-state index is 12.5. The van der Waals surface area contributed by atoms with Gasteiger partial charge in [0.15, 0.2) is 11.6 Å². The zero-order valence-electron chi connectivity index (χ0n) is 11.9. The molecule has 22 heavy (non-hydrogen) atoms. The first-order chi connectivity index (χ1) is 10.8. The number of carbonyl (C=O) groups excluding carboxylic acids is 2. The lowest BCUT2D eigenvalue weighted by atomic mass is 9.96. The van der Waals surface area contributed by atoms with Crippen molar-refractivity contribution in [3.63, 3.8) is 0 Å². The van der Waals surface area contributed by atoms with Crippen molar-refractivity contribution in [2.24, 2.45) is 11.0 Å². The van der Waals surface area contributed by atoms with Crippen molar-refractivity contribution in [1.29, 1.82) is 0 Å². The number of carbonyl (C=O) groups is 2. The summed E-state index contributed by atoms with van der Waals surface area (Å²) in [6.45, 7) is 0.701. The van der Waals surface area contributed by atoms with E-state index in [0.717, 1.165) is 5.69 Å². The second-order valence-electron chi connectivity index (χ2n) is 5.51. The van der Waals surface area contributed by atoms with E-state index >= 15 is 0 Å². The molecule has 4 heteroatoms. The van der Waals surface area contributed by atoms with Crippen LogP contribution >= 0.6 is 0 Å². The highest BCUT2D eigenvalue weighted by Crippen LogP contribution is 2.31. The minimum Gasteiger partial charge on any atom is -0.293 e. The molecule has 0 bridgehead atoms. The summed E-state index contributed by atoms with van der Waals surface area (Å²) in [5.74, 6) is -0.963. The summed E-state index contributed by atoms with van der Waals surface area (Å²) in [5, 5.41) is 6.39. The molecule has 2 aromatic rings. The summed E-state index contributed by atoms with van der Waals surface area (Å²) in [4.78, 5) is 25.0. The van der Waals surface area contributed by atoms with Crippen molar-refractivity contribution >= 4 is 23.0 Å². The molecule has 108 valence electrons. The van der Waals surface area contributed by atoms with E-state index < -0.39 is 5.92 Å². The topological polar surface area (TPSA) is 49.7 Å². The van der Waals surface area contributed by atoms with Gasteiger partial charge in [-0.3, -0.25) is 14.6 Å². The molecule has 4 rings (SSSR count). The van der Waals surface area contributed by atoms with Gasteiger partial charge in [0.25, 0.3) is 0 Å². The predicted molar refractivity (Wildman–Crippen MR) is 84.4 cm³/mol. The predicted octanol–water partition coefficient (Wildman–Crippen LogP) is 2.95. The number of hydrazone groups is 1. The highest BCUT2D eigenvalue weighted by molar-refractivity contribution is 6.36. The summed E-state index contributed by atoms with van der Waals surface area (Å²) < 4.78 is 0. The molecule has 4 nitrogen and oxygen atoms in total. The van der Waals surface area contributed by atoms with Gasteiger partial charge in [-0.15, -0.1) is 0 Å². The van der Waals surface area contributed by atoms with Crippen LogP contribution < -0.4 is 5.01 Å². The zero-order chi connectivity index (χ0) is 15.1. The number of para-hydroxylation sites is 1. The van der Waals surface area contributed by atoms with Gasteiger partial charge < -0.3 is 0 Å². The number of nitrogens with zero attached hydrogens (tertiary/aromatic N) is 2. The molecule has 0 saturated heterocycles. The van der Waals surface area contributed by atoms with Gasteiger partial charge in [-0.05, 0) is 12.1 Å². The molecule has 0 saturated carbocycles. The van der Waals surface area contributed by atoms with E-state index in [9.17, 15) is 9.59 Å². The zero-order valence-corrected chi connectivity index (χ0v) is 11.9. The van der Waals surface area contributed by atoms with Gasteiger partial charge in [-0.2, -0.15) is 5.10 Å². The minimum atomic E-state index is -0.730. The average molecular weight is 290 g/mol. The molecule has 0 spiro atoms. The third kappa shape index (κ3) is 1.88. The molecule has 2 aromatic carbocycles. The van der Waals surface area contributed by atoms with Gasteiger partial charge in [0.05, 0.1) is 11.4 Å². The van der Waals surface area contributed by atoms with Crippen LogP contribution in [0.5, 0.6) is 0 Å². The molecule has 0 aromatic heterocycles. The molecule has 0 atom stereocenters. The van der Waals surface area contributed by atoms with Crippen molar-refractivity contribution < 1.29 is 9.59 Å². The Labute approximate surface area is 128 Å². The second kappa shape index (κ2) is 4.91. The van der Waals surface area contributed by atoms with E-state index in [2.05, 4.69) is 5.10 Å². The van der Waals surface area contributed by atoms with E-state index in [1.165, 1.54) is 0 Å². The highest BCUT2D eigenvalue weighted by atomic mass is 16.2. The SMILES string of the molecule is O=C1c2ccccc2C(=O)C1C1=NN(c2ccccc2)CC1. The molecule has 0 radical (unpaired) electrons. The third-order valence-corrected chi connectivity index (χ3v) is 4.20. The Morgan fingerprint density at radius 2 is 1.45 bits per heavy atom. The van der Waals surface area contributed by atoms with Gasteiger partial charge in [0.2, 0.25) is 0 Å². The van der Waals surface area contributed by atoms with Crippen LogP contribution in [0.1, 0.15) is 27.1 Å². The number of hydrogen-bond donors (Lipinski definition) is 0. The molecule has 0 unspecified atom stereocenters. The molecule has 0 fully saturated rings. The van der Waals surface area contributed by atoms with Crippen LogP contribution in [0.4, 0.5) is 5.69 Å². The lowest BCUT2D eigenvalue weighted by Gasteiger charge is -2.12. The van der Waals surface area contributed by atoms with Crippen LogP contribution in [0, 0.1) is 5.92 Å². The van der Waals surface area contributed by atoms with Gasteiger partial charge in [0, 0.05) is 24.1 Å². The molecule has 1 aliphatic carbocycles. The molecule has 1 aliphatic heterocycles. The lowest BCUT2D eigenvalue weighted by Crippen LogP contribution is -2.24. The van der Waals surface area contributed by atoms with Crippen molar-refractivity contribution in [2.45, 2.75) is 6.42 Å². The van der Waals surface area contributed by atoms with Crippen molar-refractivity contribution in [3.05, 3.63) is 65.7 Å². The fourth-order valence-corrected chi connectivity index (χ4v) is 3.11. The Balaban J connectivity index is 1.67. The van der Waals surface area contributed by atoms with E-state index in [0.29, 0.717) is 29.8 Å². The van der Waals surface area contributed by atoms with E-state index in [-0.39, 0.29) is 11.6 Å². The largest absolute Gasteiger partial charge is 0.293 e. The number of benzene rings is 2. The molecule has 0 amide bonds. The van der Waals surface area contributed by atoms with Gasteiger partial charge in [0.1, 0.15) is 5.92 Å². The number of rotatable bonds is 2. The van der Waals surface area contributed by atoms with Crippen LogP contribution in [-0.4, -0.2) is 23.8 Å². The van der Waals surface area contributed by atoms with Gasteiger partial charge in [-0.1, -0.05) is 42.5 Å². The fourth-order valence-electron chi connectivity index (χ4n) is 3.11. The molecule has 1 heterocycles. The Hall–Kier alpha value is -2.75. The van der Waals surface area contributed by atoms with Crippen molar-refractivity contribution in [2.75, 3.05) is 11.6 Å². The van der Waals surface area contributed by atoms with Crippen LogP contribution in [0.25, 0.3) is 0 Å². The Kier molecular flexibility index (Phi) is 2.89. The molecular formula is C18H14N2O2. The van der Waals surface area contributed by atoms with Crippen LogP contribution in [0.15, 0.2) is 59.7 Å². The Morgan fingerprint density at radius 1 is 0.864 bits per heavy atom. The maximum absolute atomic E-state index is 12.5. The fraction of sp³-hybridized carbons (Fsp3) is 0.167. The summed E-state index contributed by atoms with van der Waals surface area (Å²) in [6.07, 6.45) is 0.644. The second-order valence-corrected chi connectivity index (χ2v) is 5.51. The normalized spacial score (nSPS) is 17.8. The maximum Gasteiger partial charge on any atom is 0.180 e. The average Bonchev–Trinajstić information content (AvgIpc) is 3.13. The summed E-state index contributed by atoms with van der Waals surface area (Å²) in [7, 11) is 0. The Morgan fingerprint density at radius 3 is 2.09 bits per heavy atom. The van der Waals surface area contributed by atoms with Crippen LogP contribution in [0.3, 0.4) is 0 Å². The number of Topliss-reactive ketones (excluding diaryl/α,β-unsaturated/α-hetero) is 2. The number of ketones is 2. The third-order valence-electron chi connectivity index (χ3n) is 4.20. The van der Waals surface area contributed by atoms with E-state index in [4.69, 9.17) is 0 Å². The molecular weight excluding hydrogens is 276 g/mol. The highest BCUT2D eigenvalue weighted by Gasteiger charge is 2.42. The minimum absolute atomic E-state index is 0.116. The van der Waals surface area contributed by atoms with Gasteiger partial charge >= 0.3 is 0 Å². The van der Waals surface area contributed by atoms with E-state index in [1.54, 1.807) is 24.3 Å². The summed E-state index contributed by atoms with van der Waals surface area (Å²) in [6, 6.07) is 16.8. The Bertz CT molecular complexity index is 761. The lowest BCUT2D eigenvalue weighted by molar-refractivity contribution is 0.0883. The first kappa shape index (κ1) is 13.0. The molecule has 2 aliphatic rings. The van der Waals surface area contributed by atoms with E-state index in [1.807, 2.05) is 35.3 Å². The van der Waals surface area contributed by atoms with Crippen LogP contribution in [-0.2, 0) is 0 Å². The van der Waals surface area contributed by atoms with Crippen molar-refractivity contribution in [3.8, 4) is 0 Å². The first-order valence-corrected chi connectivity index (χ1v) is 7.33. The number of fused-ring (bicyclic) bond motifs is 1. The van der Waals surface area contributed by atoms with Crippen molar-refractivity contribution in [1.82, 2.24) is 0 Å². The quantitative estimate of drug-likeness (QED) is 0.799. The smallest absolute Gasteiger partial charge is 0.180 e. The standard InChI is InChI=1S/C18H14N2O2/c21-17-13-8-4-5-9-14(13)18(22)16(17)15-10-11-20(19-15)12-6-2-1-3-7-12/h1-9,16H,10-11H2. The van der Waals surface area contributed by atoms with Gasteiger partial charge in [-0.25, -0.2) is 0 Å². The monoisotopic (exact) mass is 290 g/mol. The summed E-state index contributed by atoms with van der Waals surface area (Å²) in [5.41, 5.74) is 2.71. The summed E-state index contributed by atoms with van der Waals surface area (Å²) >= 11 is 0. The first-order valence-electron chi connectivity index (χ1n) is 7.33. The number of hydrogen-bond acceptors (Lipinski definition) is 4. The number of anilines is 1. The van der Waals surface area contributed by atoms with Crippen LogP contribution in [0.2, 0.25) is 0 Å². The molecule has 0 N–H and O–H groups in total.